The zero-order valence-corrected chi connectivity index (χ0v) is 24.9. The minimum absolute atomic E-state index is 0.000857. The minimum atomic E-state index is -1.19. The average molecular weight is 561 g/mol. The third-order valence-electron chi connectivity index (χ3n) is 7.98. The van der Waals surface area contributed by atoms with Crippen LogP contribution in [0.2, 0.25) is 0 Å². The summed E-state index contributed by atoms with van der Waals surface area (Å²) >= 11 is 0. The van der Waals surface area contributed by atoms with Crippen molar-refractivity contribution in [3.8, 4) is 5.75 Å². The van der Waals surface area contributed by atoms with Crippen molar-refractivity contribution in [1.29, 1.82) is 0 Å². The molecule has 0 unspecified atom stereocenters. The van der Waals surface area contributed by atoms with E-state index in [9.17, 15) is 15.0 Å². The highest BCUT2D eigenvalue weighted by Gasteiger charge is 2.36. The fourth-order valence-electron chi connectivity index (χ4n) is 5.47. The van der Waals surface area contributed by atoms with Gasteiger partial charge in [0.1, 0.15) is 29.9 Å². The smallest absolute Gasteiger partial charge is 0.219 e. The fourth-order valence-corrected chi connectivity index (χ4v) is 5.47. The van der Waals surface area contributed by atoms with E-state index in [0.717, 1.165) is 36.5 Å². The summed E-state index contributed by atoms with van der Waals surface area (Å²) in [6.45, 7) is 8.39. The molecule has 1 aliphatic rings. The second-order valence-corrected chi connectivity index (χ2v) is 11.1. The van der Waals surface area contributed by atoms with Gasteiger partial charge < -0.3 is 33.9 Å². The molecular weight excluding hydrogens is 512 g/mol. The standard InChI is InChI=1S/C30H48N4O6/c1-21(2)25-17-34(22(3)35)18-27(39-6)30(37)26(36)20-40-15-8-7-13-33(19-28-31-12-14-32(28)4)29(25)23-10-9-11-24(16-23)38-5/h9-12,14,16,21,25-27,29-30,36-37H,7-8,13,15,17-20H2,1-6H3/t25-,26+,27+,29-,30+/m1/s1. The Balaban J connectivity index is 2.11. The van der Waals surface area contributed by atoms with Crippen molar-refractivity contribution in [2.75, 3.05) is 47.1 Å². The van der Waals surface area contributed by atoms with Crippen LogP contribution < -0.4 is 4.74 Å². The van der Waals surface area contributed by atoms with E-state index in [0.29, 0.717) is 19.7 Å². The van der Waals surface area contributed by atoms with Gasteiger partial charge in [-0.2, -0.15) is 0 Å². The van der Waals surface area contributed by atoms with Crippen molar-refractivity contribution < 1.29 is 29.2 Å². The molecule has 2 aromatic rings. The summed E-state index contributed by atoms with van der Waals surface area (Å²) in [6, 6.07) is 8.10. The van der Waals surface area contributed by atoms with Crippen molar-refractivity contribution in [2.45, 2.75) is 64.5 Å². The number of rotatable bonds is 6. The van der Waals surface area contributed by atoms with Gasteiger partial charge in [-0.1, -0.05) is 26.0 Å². The van der Waals surface area contributed by atoms with E-state index in [1.54, 1.807) is 12.0 Å². The first-order chi connectivity index (χ1) is 19.2. The Morgan fingerprint density at radius 2 is 1.98 bits per heavy atom. The third kappa shape index (κ3) is 8.50. The number of methoxy groups -OCH3 is 2. The van der Waals surface area contributed by atoms with E-state index in [1.807, 2.05) is 36.1 Å². The molecule has 0 saturated carbocycles. The SMILES string of the molecule is COc1cccc([C@@H]2[C@@H](C(C)C)CN(C(C)=O)C[C@H](OC)[C@@H](O)[C@@H](O)COCCCCN2Cc2nccn2C)c1. The number of imidazole rings is 1. The van der Waals surface area contributed by atoms with Gasteiger partial charge in [-0.05, 0) is 48.9 Å². The van der Waals surface area contributed by atoms with E-state index in [-0.39, 0.29) is 36.9 Å². The van der Waals surface area contributed by atoms with Crippen LogP contribution in [0.3, 0.4) is 0 Å². The number of ether oxygens (including phenoxy) is 3. The molecule has 2 N–H and O–H groups in total. The number of carbonyl (C=O) groups excluding carboxylic acids is 1. The predicted octanol–water partition coefficient (Wildman–Crippen LogP) is 2.64. The number of benzene rings is 1. The fraction of sp³-hybridized carbons (Fsp3) is 0.667. The number of hydrogen-bond acceptors (Lipinski definition) is 8. The van der Waals surface area contributed by atoms with Crippen LogP contribution in [0.5, 0.6) is 5.75 Å². The monoisotopic (exact) mass is 560 g/mol. The normalized spacial score (nSPS) is 26.3. The van der Waals surface area contributed by atoms with Gasteiger partial charge in [-0.25, -0.2) is 4.98 Å². The highest BCUT2D eigenvalue weighted by Crippen LogP contribution is 2.37. The largest absolute Gasteiger partial charge is 0.497 e. The molecule has 224 valence electrons. The van der Waals surface area contributed by atoms with Crippen molar-refractivity contribution >= 4 is 5.91 Å². The summed E-state index contributed by atoms with van der Waals surface area (Å²) in [5.74, 6) is 1.85. The Morgan fingerprint density at radius 1 is 1.20 bits per heavy atom. The van der Waals surface area contributed by atoms with Crippen molar-refractivity contribution in [3.63, 3.8) is 0 Å². The van der Waals surface area contributed by atoms with Crippen LogP contribution in [0.1, 0.15) is 51.0 Å². The lowest BCUT2D eigenvalue weighted by Crippen LogP contribution is -2.50. The predicted molar refractivity (Wildman–Crippen MR) is 153 cm³/mol. The summed E-state index contributed by atoms with van der Waals surface area (Å²) in [4.78, 5) is 21.8. The number of aromatic nitrogens is 2. The molecule has 1 amide bonds. The second-order valence-electron chi connectivity index (χ2n) is 11.1. The molecule has 2 heterocycles. The Bertz CT molecular complexity index is 1050. The first-order valence-corrected chi connectivity index (χ1v) is 14.2. The summed E-state index contributed by atoms with van der Waals surface area (Å²) in [5, 5.41) is 21.4. The van der Waals surface area contributed by atoms with Crippen LogP contribution in [0, 0.1) is 11.8 Å². The lowest BCUT2D eigenvalue weighted by molar-refractivity contribution is -0.138. The molecule has 1 saturated heterocycles. The number of hydrogen-bond donors (Lipinski definition) is 2. The Labute approximate surface area is 238 Å². The topological polar surface area (TPSA) is 110 Å². The summed E-state index contributed by atoms with van der Waals surface area (Å²) in [7, 11) is 5.16. The molecule has 3 rings (SSSR count). The summed E-state index contributed by atoms with van der Waals surface area (Å²) < 4.78 is 19.0. The molecule has 1 aromatic carbocycles. The van der Waals surface area contributed by atoms with Gasteiger partial charge in [-0.3, -0.25) is 9.69 Å². The van der Waals surface area contributed by atoms with Crippen molar-refractivity contribution in [3.05, 3.63) is 48.0 Å². The van der Waals surface area contributed by atoms with Gasteiger partial charge in [0.15, 0.2) is 0 Å². The quantitative estimate of drug-likeness (QED) is 0.555. The highest BCUT2D eigenvalue weighted by molar-refractivity contribution is 5.73. The number of amides is 1. The van der Waals surface area contributed by atoms with Gasteiger partial charge in [-0.15, -0.1) is 0 Å². The Hall–Kier alpha value is -2.50. The first-order valence-electron chi connectivity index (χ1n) is 14.2. The van der Waals surface area contributed by atoms with E-state index in [1.165, 1.54) is 14.0 Å². The molecule has 1 fully saturated rings. The van der Waals surface area contributed by atoms with Gasteiger partial charge in [0, 0.05) is 59.2 Å². The van der Waals surface area contributed by atoms with Crippen LogP contribution >= 0.6 is 0 Å². The van der Waals surface area contributed by atoms with Crippen LogP contribution in [-0.4, -0.2) is 101 Å². The lowest BCUT2D eigenvalue weighted by atomic mass is 9.82. The van der Waals surface area contributed by atoms with E-state index in [4.69, 9.17) is 14.2 Å². The average Bonchev–Trinajstić information content (AvgIpc) is 3.34. The number of nitrogens with zero attached hydrogens (tertiary/aromatic N) is 4. The third-order valence-corrected chi connectivity index (χ3v) is 7.98. The summed E-state index contributed by atoms with van der Waals surface area (Å²) in [5.41, 5.74) is 1.11. The highest BCUT2D eigenvalue weighted by atomic mass is 16.5. The molecule has 5 atom stereocenters. The summed E-state index contributed by atoms with van der Waals surface area (Å²) in [6.07, 6.45) is 2.36. The molecular formula is C30H48N4O6. The van der Waals surface area contributed by atoms with Gasteiger partial charge in [0.25, 0.3) is 0 Å². The molecule has 0 aliphatic carbocycles. The Kier molecular flexibility index (Phi) is 12.4. The van der Waals surface area contributed by atoms with E-state index < -0.39 is 18.3 Å². The zero-order chi connectivity index (χ0) is 29.2. The van der Waals surface area contributed by atoms with Gasteiger partial charge in [0.05, 0.1) is 20.3 Å². The maximum absolute atomic E-state index is 13.0. The van der Waals surface area contributed by atoms with Crippen molar-refractivity contribution in [1.82, 2.24) is 19.4 Å². The number of aliphatic hydroxyl groups is 2. The Morgan fingerprint density at radius 3 is 2.60 bits per heavy atom. The minimum Gasteiger partial charge on any atom is -0.497 e. The molecule has 0 spiro atoms. The first kappa shape index (κ1) is 32.0. The molecule has 10 nitrogen and oxygen atoms in total. The van der Waals surface area contributed by atoms with Crippen LogP contribution in [0.4, 0.5) is 0 Å². The van der Waals surface area contributed by atoms with Gasteiger partial charge >= 0.3 is 0 Å². The van der Waals surface area contributed by atoms with E-state index in [2.05, 4.69) is 35.9 Å². The van der Waals surface area contributed by atoms with E-state index >= 15 is 0 Å². The number of aryl methyl sites for hydroxylation is 1. The molecule has 40 heavy (non-hydrogen) atoms. The number of aliphatic hydroxyl groups excluding tert-OH is 2. The van der Waals surface area contributed by atoms with Crippen molar-refractivity contribution in [2.24, 2.45) is 18.9 Å². The van der Waals surface area contributed by atoms with Crippen LogP contribution in [0.25, 0.3) is 0 Å². The van der Waals surface area contributed by atoms with Crippen LogP contribution in [0.15, 0.2) is 36.7 Å². The molecule has 0 radical (unpaired) electrons. The van der Waals surface area contributed by atoms with Crippen LogP contribution in [-0.2, 0) is 27.9 Å². The maximum atomic E-state index is 13.0. The zero-order valence-electron chi connectivity index (χ0n) is 24.9. The molecule has 1 aromatic heterocycles. The van der Waals surface area contributed by atoms with Gasteiger partial charge in [0.2, 0.25) is 5.91 Å². The molecule has 1 aliphatic heterocycles. The molecule has 0 bridgehead atoms. The second kappa shape index (κ2) is 15.5. The maximum Gasteiger partial charge on any atom is 0.219 e. The molecule has 10 heteroatoms. The number of carbonyl (C=O) groups is 1. The lowest BCUT2D eigenvalue weighted by Gasteiger charge is -2.42.